The van der Waals surface area contributed by atoms with Crippen LogP contribution in [0.3, 0.4) is 0 Å². The number of nitrogens with two attached hydrogens (primary N) is 1. The van der Waals surface area contributed by atoms with Gasteiger partial charge in [0.15, 0.2) is 0 Å². The first-order valence-electron chi connectivity index (χ1n) is 6.57. The molecule has 0 aliphatic carbocycles. The first-order chi connectivity index (χ1) is 10.5. The number of aromatic carboxylic acids is 1. The third-order valence-corrected chi connectivity index (χ3v) is 4.24. The minimum Gasteiger partial charge on any atom is -0.476 e. The van der Waals surface area contributed by atoms with Crippen molar-refractivity contribution in [2.75, 3.05) is 5.73 Å². The van der Waals surface area contributed by atoms with Crippen molar-refractivity contribution in [1.29, 1.82) is 0 Å². The Bertz CT molecular complexity index is 795. The number of nitrogen functional groups attached to an aromatic ring is 1. The zero-order valence-electron chi connectivity index (χ0n) is 11.8. The summed E-state index contributed by atoms with van der Waals surface area (Å²) in [5, 5.41) is 9.29. The topological polar surface area (TPSA) is 89.1 Å². The summed E-state index contributed by atoms with van der Waals surface area (Å²) < 4.78 is 0. The average Bonchev–Trinajstić information content (AvgIpc) is 2.92. The molecule has 0 fully saturated rings. The Kier molecular flexibility index (Phi) is 3.60. The molecule has 5 nitrogen and oxygen atoms in total. The molecule has 6 heteroatoms. The van der Waals surface area contributed by atoms with Gasteiger partial charge in [-0.2, -0.15) is 0 Å². The van der Waals surface area contributed by atoms with E-state index in [0.717, 1.165) is 32.9 Å². The third-order valence-electron chi connectivity index (χ3n) is 3.14. The highest BCUT2D eigenvalue weighted by molar-refractivity contribution is 7.17. The number of rotatable bonds is 3. The minimum atomic E-state index is -1.04. The van der Waals surface area contributed by atoms with Crippen molar-refractivity contribution in [2.24, 2.45) is 0 Å². The van der Waals surface area contributed by atoms with E-state index in [-0.39, 0.29) is 5.01 Å². The van der Waals surface area contributed by atoms with E-state index in [2.05, 4.69) is 9.97 Å². The zero-order valence-corrected chi connectivity index (χ0v) is 12.6. The maximum Gasteiger partial charge on any atom is 0.365 e. The molecule has 0 spiro atoms. The fourth-order valence-electron chi connectivity index (χ4n) is 2.18. The van der Waals surface area contributed by atoms with Crippen LogP contribution in [0.25, 0.3) is 21.7 Å². The van der Waals surface area contributed by atoms with Crippen molar-refractivity contribution in [3.05, 3.63) is 53.2 Å². The number of pyridine rings is 1. The molecule has 22 heavy (non-hydrogen) atoms. The van der Waals surface area contributed by atoms with E-state index in [1.807, 2.05) is 31.2 Å². The van der Waals surface area contributed by atoms with Crippen molar-refractivity contribution >= 4 is 23.1 Å². The van der Waals surface area contributed by atoms with Gasteiger partial charge < -0.3 is 10.8 Å². The fraction of sp³-hybridized carbons (Fsp3) is 0.0625. The number of benzene rings is 1. The Morgan fingerprint density at radius 2 is 2.05 bits per heavy atom. The summed E-state index contributed by atoms with van der Waals surface area (Å²) in [4.78, 5) is 20.3. The number of carboxylic acid groups (broad SMARTS) is 1. The molecular formula is C16H13N3O2S. The number of anilines is 1. The average molecular weight is 311 g/mol. The standard InChI is InChI=1S/C16H13N3O2S/c1-9-3-2-4-10(7-9)13-14(22-15(19-13)16(20)21)11-5-6-18-12(17)8-11/h2-8H,1H3,(H2,17,18)(H,20,21). The van der Waals surface area contributed by atoms with Gasteiger partial charge in [-0.1, -0.05) is 23.8 Å². The molecule has 0 aliphatic rings. The molecule has 3 rings (SSSR count). The number of aryl methyl sites for hydroxylation is 1. The van der Waals surface area contributed by atoms with Gasteiger partial charge in [0.05, 0.1) is 10.6 Å². The highest BCUT2D eigenvalue weighted by atomic mass is 32.1. The Labute approximate surface area is 131 Å². The van der Waals surface area contributed by atoms with E-state index in [1.54, 1.807) is 18.3 Å². The molecule has 110 valence electrons. The largest absolute Gasteiger partial charge is 0.476 e. The number of thiazole rings is 1. The van der Waals surface area contributed by atoms with Gasteiger partial charge in [0.1, 0.15) is 5.82 Å². The van der Waals surface area contributed by atoms with Crippen LogP contribution in [0, 0.1) is 6.92 Å². The van der Waals surface area contributed by atoms with Gasteiger partial charge in [0.2, 0.25) is 5.01 Å². The highest BCUT2D eigenvalue weighted by Gasteiger charge is 2.19. The number of carboxylic acids is 1. The molecule has 0 unspecified atom stereocenters. The lowest BCUT2D eigenvalue weighted by Crippen LogP contribution is -1.94. The number of carbonyl (C=O) groups is 1. The van der Waals surface area contributed by atoms with Gasteiger partial charge in [-0.15, -0.1) is 11.3 Å². The van der Waals surface area contributed by atoms with Gasteiger partial charge >= 0.3 is 5.97 Å². The summed E-state index contributed by atoms with van der Waals surface area (Å²) >= 11 is 1.14. The molecule has 0 saturated heterocycles. The lowest BCUT2D eigenvalue weighted by Gasteiger charge is -2.04. The lowest BCUT2D eigenvalue weighted by molar-refractivity contribution is 0.0696. The predicted octanol–water partition coefficient (Wildman–Crippen LogP) is 3.46. The van der Waals surface area contributed by atoms with Crippen LogP contribution in [0.4, 0.5) is 5.82 Å². The Morgan fingerprint density at radius 1 is 1.23 bits per heavy atom. The molecule has 0 saturated carbocycles. The van der Waals surface area contributed by atoms with E-state index in [9.17, 15) is 9.90 Å². The maximum absolute atomic E-state index is 11.3. The second kappa shape index (κ2) is 5.57. The maximum atomic E-state index is 11.3. The highest BCUT2D eigenvalue weighted by Crippen LogP contribution is 2.37. The molecule has 2 heterocycles. The summed E-state index contributed by atoms with van der Waals surface area (Å²) in [5.41, 5.74) is 9.16. The van der Waals surface area contributed by atoms with Crippen LogP contribution in [0.1, 0.15) is 15.4 Å². The van der Waals surface area contributed by atoms with Gasteiger partial charge in [-0.3, -0.25) is 0 Å². The molecule has 0 bridgehead atoms. The van der Waals surface area contributed by atoms with Crippen molar-refractivity contribution in [2.45, 2.75) is 6.92 Å². The van der Waals surface area contributed by atoms with Gasteiger partial charge in [0, 0.05) is 11.8 Å². The van der Waals surface area contributed by atoms with Crippen LogP contribution in [0.15, 0.2) is 42.6 Å². The Morgan fingerprint density at radius 3 is 2.73 bits per heavy atom. The molecule has 3 N–H and O–H groups in total. The zero-order chi connectivity index (χ0) is 15.7. The normalized spacial score (nSPS) is 10.6. The molecular weight excluding hydrogens is 298 g/mol. The second-order valence-electron chi connectivity index (χ2n) is 4.84. The SMILES string of the molecule is Cc1cccc(-c2nc(C(=O)O)sc2-c2ccnc(N)c2)c1. The van der Waals surface area contributed by atoms with Gasteiger partial charge in [0.25, 0.3) is 0 Å². The summed E-state index contributed by atoms with van der Waals surface area (Å²) in [5.74, 6) is -0.648. The molecule has 1 aromatic carbocycles. The summed E-state index contributed by atoms with van der Waals surface area (Å²) in [6, 6.07) is 11.3. The lowest BCUT2D eigenvalue weighted by atomic mass is 10.1. The monoisotopic (exact) mass is 311 g/mol. The minimum absolute atomic E-state index is 0.0573. The number of aromatic nitrogens is 2. The van der Waals surface area contributed by atoms with Crippen molar-refractivity contribution in [3.63, 3.8) is 0 Å². The summed E-state index contributed by atoms with van der Waals surface area (Å²) in [7, 11) is 0. The number of hydrogen-bond acceptors (Lipinski definition) is 5. The van der Waals surface area contributed by atoms with Gasteiger partial charge in [-0.25, -0.2) is 14.8 Å². The Balaban J connectivity index is 2.22. The summed E-state index contributed by atoms with van der Waals surface area (Å²) in [6.07, 6.45) is 1.60. The van der Waals surface area contributed by atoms with Crippen LogP contribution < -0.4 is 5.73 Å². The van der Waals surface area contributed by atoms with Crippen LogP contribution in [-0.2, 0) is 0 Å². The first kappa shape index (κ1) is 14.2. The van der Waals surface area contributed by atoms with Gasteiger partial charge in [-0.05, 0) is 30.7 Å². The molecule has 0 atom stereocenters. The van der Waals surface area contributed by atoms with Crippen LogP contribution in [0.5, 0.6) is 0 Å². The molecule has 2 aromatic heterocycles. The smallest absolute Gasteiger partial charge is 0.365 e. The van der Waals surface area contributed by atoms with E-state index >= 15 is 0 Å². The first-order valence-corrected chi connectivity index (χ1v) is 7.39. The van der Waals surface area contributed by atoms with Crippen LogP contribution >= 0.6 is 11.3 Å². The second-order valence-corrected chi connectivity index (χ2v) is 5.84. The predicted molar refractivity (Wildman–Crippen MR) is 86.9 cm³/mol. The van der Waals surface area contributed by atoms with Crippen LogP contribution in [0.2, 0.25) is 0 Å². The Hall–Kier alpha value is -2.73. The molecule has 0 amide bonds. The van der Waals surface area contributed by atoms with Crippen molar-refractivity contribution < 1.29 is 9.90 Å². The van der Waals surface area contributed by atoms with E-state index in [4.69, 9.17) is 5.73 Å². The van der Waals surface area contributed by atoms with Crippen LogP contribution in [-0.4, -0.2) is 21.0 Å². The summed E-state index contributed by atoms with van der Waals surface area (Å²) in [6.45, 7) is 1.98. The third kappa shape index (κ3) is 2.68. The van der Waals surface area contributed by atoms with E-state index in [0.29, 0.717) is 11.5 Å². The van der Waals surface area contributed by atoms with E-state index in [1.165, 1.54) is 0 Å². The van der Waals surface area contributed by atoms with E-state index < -0.39 is 5.97 Å². The van der Waals surface area contributed by atoms with Crippen molar-refractivity contribution in [3.8, 4) is 21.7 Å². The molecule has 0 aliphatic heterocycles. The van der Waals surface area contributed by atoms with Crippen molar-refractivity contribution in [1.82, 2.24) is 9.97 Å². The molecule has 0 radical (unpaired) electrons. The fourth-order valence-corrected chi connectivity index (χ4v) is 3.11. The molecule has 3 aromatic rings. The number of hydrogen-bond donors (Lipinski definition) is 2. The number of nitrogens with zero attached hydrogens (tertiary/aromatic N) is 2. The quantitative estimate of drug-likeness (QED) is 0.773.